The monoisotopic (exact) mass is 256 g/mol. The fourth-order valence-electron chi connectivity index (χ4n) is 2.30. The maximum absolute atomic E-state index is 11.8. The Kier molecular flexibility index (Phi) is 2.29. The second kappa shape index (κ2) is 3.66. The third-order valence-electron chi connectivity index (χ3n) is 3.28. The molecule has 19 heavy (non-hydrogen) atoms. The largest absolute Gasteiger partial charge is 0.330 e. The van der Waals surface area contributed by atoms with Crippen LogP contribution in [0.25, 0.3) is 10.8 Å². The molecule has 1 aliphatic rings. The summed E-state index contributed by atoms with van der Waals surface area (Å²) in [5, 5.41) is 4.85. The standard InChI is InChI=1S/C14H16N4O/c1-8-5-9-6-18(14(2,3)4)12-10(9)11(15-7-16-12)17-13(8)19/h5-7H,1-4H3,(H,15,16,17,19). The van der Waals surface area contributed by atoms with Crippen LogP contribution in [0, 0.1) is 6.92 Å². The molecule has 0 saturated heterocycles. The van der Waals surface area contributed by atoms with E-state index in [9.17, 15) is 4.79 Å². The van der Waals surface area contributed by atoms with Crippen LogP contribution in [0.15, 0.2) is 22.1 Å². The van der Waals surface area contributed by atoms with Crippen LogP contribution < -0.4 is 10.9 Å². The number of aromatic nitrogens is 2. The molecule has 98 valence electrons. The number of aliphatic imine (C=N–C) groups is 1. The number of hydrogen-bond donors (Lipinski definition) is 1. The van der Waals surface area contributed by atoms with Crippen molar-refractivity contribution in [3.05, 3.63) is 28.2 Å². The average molecular weight is 256 g/mol. The molecule has 3 heterocycles. The van der Waals surface area contributed by atoms with Crippen LogP contribution in [0.1, 0.15) is 26.3 Å². The maximum Gasteiger partial charge on any atom is 0.274 e. The zero-order valence-electron chi connectivity index (χ0n) is 11.5. The van der Waals surface area contributed by atoms with Crippen LogP contribution in [0.2, 0.25) is 0 Å². The highest BCUT2D eigenvalue weighted by molar-refractivity contribution is 6.06. The Bertz CT molecular complexity index is 766. The number of aryl methyl sites for hydroxylation is 1. The Balaban J connectivity index is 2.51. The van der Waals surface area contributed by atoms with Crippen LogP contribution in [-0.4, -0.2) is 15.9 Å². The number of nitrogens with one attached hydrogen (secondary N) is 1. The fraction of sp³-hybridized carbons (Fsp3) is 0.357. The minimum atomic E-state index is -0.206. The maximum atomic E-state index is 11.8. The molecule has 0 spiro atoms. The minimum Gasteiger partial charge on any atom is -0.330 e. The van der Waals surface area contributed by atoms with E-state index >= 15 is 0 Å². The molecule has 0 radical (unpaired) electrons. The topological polar surface area (TPSA) is 59.3 Å². The van der Waals surface area contributed by atoms with Gasteiger partial charge in [0.25, 0.3) is 5.56 Å². The summed E-state index contributed by atoms with van der Waals surface area (Å²) >= 11 is 0. The molecule has 0 amide bonds. The molecular weight excluding hydrogens is 240 g/mol. The highest BCUT2D eigenvalue weighted by atomic mass is 16.1. The summed E-state index contributed by atoms with van der Waals surface area (Å²) < 4.78 is 2.12. The normalized spacial score (nSPS) is 13.7. The Morgan fingerprint density at radius 1 is 1.32 bits per heavy atom. The molecular formula is C14H16N4O. The molecule has 2 aromatic rings. The van der Waals surface area contributed by atoms with E-state index < -0.39 is 0 Å². The van der Waals surface area contributed by atoms with Crippen molar-refractivity contribution < 1.29 is 0 Å². The van der Waals surface area contributed by atoms with Crippen molar-refractivity contribution in [1.82, 2.24) is 9.55 Å². The lowest BCUT2D eigenvalue weighted by Crippen LogP contribution is -2.21. The van der Waals surface area contributed by atoms with Gasteiger partial charge in [-0.3, -0.25) is 4.79 Å². The predicted octanol–water partition coefficient (Wildman–Crippen LogP) is 2.55. The molecule has 1 N–H and O–H groups in total. The molecule has 0 bridgehead atoms. The van der Waals surface area contributed by atoms with E-state index in [4.69, 9.17) is 0 Å². The average Bonchev–Trinajstić information content (AvgIpc) is 2.63. The van der Waals surface area contributed by atoms with Crippen LogP contribution in [0.3, 0.4) is 0 Å². The second-order valence-corrected chi connectivity index (χ2v) is 5.82. The van der Waals surface area contributed by atoms with Gasteiger partial charge in [0.1, 0.15) is 11.6 Å². The van der Waals surface area contributed by atoms with E-state index in [1.54, 1.807) is 13.3 Å². The molecule has 0 aliphatic carbocycles. The molecule has 0 unspecified atom stereocenters. The molecule has 1 aliphatic heterocycles. The van der Waals surface area contributed by atoms with Gasteiger partial charge in [-0.05, 0) is 33.8 Å². The molecule has 3 rings (SSSR count). The lowest BCUT2D eigenvalue weighted by Gasteiger charge is -2.23. The summed E-state index contributed by atoms with van der Waals surface area (Å²) in [7, 11) is 0. The Morgan fingerprint density at radius 2 is 2.05 bits per heavy atom. The van der Waals surface area contributed by atoms with Crippen molar-refractivity contribution in [2.24, 2.45) is 4.99 Å². The van der Waals surface area contributed by atoms with Crippen LogP contribution in [-0.2, 0) is 5.54 Å². The van der Waals surface area contributed by atoms with Gasteiger partial charge in [-0.1, -0.05) is 0 Å². The molecule has 0 fully saturated rings. The summed E-state index contributed by atoms with van der Waals surface area (Å²) in [6.45, 7) is 8.15. The van der Waals surface area contributed by atoms with Gasteiger partial charge in [-0.25, -0.2) is 4.99 Å². The lowest BCUT2D eigenvalue weighted by atomic mass is 10.1. The van der Waals surface area contributed by atoms with E-state index in [-0.39, 0.29) is 11.1 Å². The third kappa shape index (κ3) is 1.73. The number of rotatable bonds is 0. The smallest absolute Gasteiger partial charge is 0.274 e. The molecule has 5 heteroatoms. The van der Waals surface area contributed by atoms with Gasteiger partial charge in [0.05, 0.1) is 11.7 Å². The van der Waals surface area contributed by atoms with Gasteiger partial charge in [0.2, 0.25) is 0 Å². The number of hydrogen-bond acceptors (Lipinski definition) is 4. The van der Waals surface area contributed by atoms with Gasteiger partial charge >= 0.3 is 0 Å². The van der Waals surface area contributed by atoms with E-state index in [0.29, 0.717) is 11.4 Å². The highest BCUT2D eigenvalue weighted by Gasteiger charge is 2.23. The van der Waals surface area contributed by atoms with Gasteiger partial charge in [-0.2, -0.15) is 4.98 Å². The minimum absolute atomic E-state index is 0.0763. The molecule has 0 saturated carbocycles. The van der Waals surface area contributed by atoms with Crippen LogP contribution >= 0.6 is 0 Å². The summed E-state index contributed by atoms with van der Waals surface area (Å²) in [6.07, 6.45) is 3.62. The Hall–Kier alpha value is -2.17. The van der Waals surface area contributed by atoms with E-state index in [0.717, 1.165) is 16.6 Å². The van der Waals surface area contributed by atoms with E-state index in [2.05, 4.69) is 40.6 Å². The summed E-state index contributed by atoms with van der Waals surface area (Å²) in [5.41, 5.74) is 0.354. The second-order valence-electron chi connectivity index (χ2n) is 5.82. The van der Waals surface area contributed by atoms with Crippen LogP contribution in [0.5, 0.6) is 0 Å². The van der Waals surface area contributed by atoms with Gasteiger partial charge in [0, 0.05) is 22.7 Å². The van der Waals surface area contributed by atoms with Gasteiger partial charge in [-0.15, -0.1) is 0 Å². The van der Waals surface area contributed by atoms with E-state index in [1.807, 2.05) is 12.3 Å². The Labute approximate surface area is 111 Å². The van der Waals surface area contributed by atoms with Crippen molar-refractivity contribution in [1.29, 1.82) is 0 Å². The summed E-state index contributed by atoms with van der Waals surface area (Å²) in [6, 6.07) is 1.88. The lowest BCUT2D eigenvalue weighted by molar-refractivity contribution is 0.403. The van der Waals surface area contributed by atoms with Crippen molar-refractivity contribution in [3.63, 3.8) is 0 Å². The first-order valence-electron chi connectivity index (χ1n) is 6.24. The van der Waals surface area contributed by atoms with E-state index in [1.165, 1.54) is 0 Å². The Morgan fingerprint density at radius 3 is 2.74 bits per heavy atom. The molecule has 0 aromatic carbocycles. The molecule has 2 aromatic heterocycles. The zero-order valence-corrected chi connectivity index (χ0v) is 11.5. The summed E-state index contributed by atoms with van der Waals surface area (Å²) in [4.78, 5) is 20.3. The first-order chi connectivity index (χ1) is 8.88. The van der Waals surface area contributed by atoms with Crippen molar-refractivity contribution in [3.8, 4) is 0 Å². The van der Waals surface area contributed by atoms with Crippen molar-refractivity contribution >= 4 is 28.7 Å². The fourth-order valence-corrected chi connectivity index (χ4v) is 2.30. The quantitative estimate of drug-likeness (QED) is 0.788. The van der Waals surface area contributed by atoms with Crippen molar-refractivity contribution in [2.45, 2.75) is 33.2 Å². The molecule has 5 nitrogen and oxygen atoms in total. The number of nitrogens with zero attached hydrogens (tertiary/aromatic N) is 3. The van der Waals surface area contributed by atoms with Gasteiger partial charge < -0.3 is 9.88 Å². The first-order valence-corrected chi connectivity index (χ1v) is 6.24. The SMILES string of the molecule is Cc1cc2cn(C(C)(C)C)c3c2c(nc1=O)NC=N3. The van der Waals surface area contributed by atoms with Gasteiger partial charge in [0.15, 0.2) is 0 Å². The third-order valence-corrected chi connectivity index (χ3v) is 3.28. The highest BCUT2D eigenvalue weighted by Crippen LogP contribution is 2.37. The van der Waals surface area contributed by atoms with Crippen molar-refractivity contribution in [2.75, 3.05) is 5.32 Å². The number of anilines is 1. The zero-order chi connectivity index (χ0) is 13.8. The molecule has 0 atom stereocenters. The summed E-state index contributed by atoms with van der Waals surface area (Å²) in [5.74, 6) is 1.43. The first kappa shape index (κ1) is 11.9. The predicted molar refractivity (Wildman–Crippen MR) is 77.5 cm³/mol. The van der Waals surface area contributed by atoms with Crippen LogP contribution in [0.4, 0.5) is 11.6 Å².